The smallest absolute Gasteiger partial charge is 0.132 e. The van der Waals surface area contributed by atoms with Gasteiger partial charge in [0.25, 0.3) is 0 Å². The number of thioether (sulfide) groups is 1. The molecule has 15 heavy (non-hydrogen) atoms. The molecule has 0 aromatic heterocycles. The standard InChI is InChI=1S/C12H17NOS/c1-14-11-4-2-3-5-12(11)15-8-10(13)9-6-7-9/h2-5,9-10H,6-8,13H2,1H3. The second-order valence-corrected chi connectivity index (χ2v) is 5.02. The van der Waals surface area contributed by atoms with Gasteiger partial charge >= 0.3 is 0 Å². The lowest BCUT2D eigenvalue weighted by molar-refractivity contribution is 0.405. The molecule has 2 rings (SSSR count). The van der Waals surface area contributed by atoms with Crippen LogP contribution in [-0.4, -0.2) is 18.9 Å². The van der Waals surface area contributed by atoms with Gasteiger partial charge in [0.2, 0.25) is 0 Å². The van der Waals surface area contributed by atoms with Crippen LogP contribution in [0.1, 0.15) is 12.8 Å². The summed E-state index contributed by atoms with van der Waals surface area (Å²) in [5.41, 5.74) is 6.06. The Labute approximate surface area is 95.2 Å². The first kappa shape index (κ1) is 10.8. The van der Waals surface area contributed by atoms with E-state index in [0.29, 0.717) is 6.04 Å². The van der Waals surface area contributed by atoms with Crippen molar-refractivity contribution >= 4 is 11.8 Å². The number of hydrogen-bond acceptors (Lipinski definition) is 3. The molecule has 1 atom stereocenters. The lowest BCUT2D eigenvalue weighted by atomic mass is 10.2. The number of para-hydroxylation sites is 1. The third-order valence-corrected chi connectivity index (χ3v) is 3.93. The van der Waals surface area contributed by atoms with Gasteiger partial charge in [-0.15, -0.1) is 11.8 Å². The molecule has 1 saturated carbocycles. The molecule has 2 nitrogen and oxygen atoms in total. The van der Waals surface area contributed by atoms with Crippen LogP contribution in [0.3, 0.4) is 0 Å². The van der Waals surface area contributed by atoms with E-state index in [1.54, 1.807) is 18.9 Å². The first-order valence-electron chi connectivity index (χ1n) is 5.32. The van der Waals surface area contributed by atoms with Gasteiger partial charge in [0, 0.05) is 16.7 Å². The molecule has 82 valence electrons. The van der Waals surface area contributed by atoms with Gasteiger partial charge in [0.15, 0.2) is 0 Å². The molecule has 0 amide bonds. The molecule has 1 aliphatic carbocycles. The predicted molar refractivity (Wildman–Crippen MR) is 64.4 cm³/mol. The monoisotopic (exact) mass is 223 g/mol. The van der Waals surface area contributed by atoms with E-state index in [0.717, 1.165) is 17.4 Å². The van der Waals surface area contributed by atoms with E-state index in [4.69, 9.17) is 10.5 Å². The second-order valence-electron chi connectivity index (χ2n) is 3.96. The first-order chi connectivity index (χ1) is 7.31. The highest BCUT2D eigenvalue weighted by atomic mass is 32.2. The number of ether oxygens (including phenoxy) is 1. The van der Waals surface area contributed by atoms with Crippen molar-refractivity contribution in [3.63, 3.8) is 0 Å². The van der Waals surface area contributed by atoms with Gasteiger partial charge < -0.3 is 10.5 Å². The van der Waals surface area contributed by atoms with Gasteiger partial charge in [-0.1, -0.05) is 12.1 Å². The fourth-order valence-corrected chi connectivity index (χ4v) is 2.70. The van der Waals surface area contributed by atoms with Crippen LogP contribution in [-0.2, 0) is 0 Å². The topological polar surface area (TPSA) is 35.2 Å². The summed E-state index contributed by atoms with van der Waals surface area (Å²) in [6.45, 7) is 0. The Kier molecular flexibility index (Phi) is 3.54. The second kappa shape index (κ2) is 4.90. The summed E-state index contributed by atoms with van der Waals surface area (Å²) in [5, 5.41) is 0. The molecule has 0 bridgehead atoms. The van der Waals surface area contributed by atoms with Gasteiger partial charge in [-0.3, -0.25) is 0 Å². The van der Waals surface area contributed by atoms with E-state index in [2.05, 4.69) is 6.07 Å². The molecule has 0 radical (unpaired) electrons. The number of rotatable bonds is 5. The summed E-state index contributed by atoms with van der Waals surface area (Å²) >= 11 is 1.80. The Morgan fingerprint density at radius 2 is 2.20 bits per heavy atom. The zero-order valence-electron chi connectivity index (χ0n) is 8.98. The van der Waals surface area contributed by atoms with E-state index in [1.807, 2.05) is 18.2 Å². The Bertz CT molecular complexity index is 325. The molecule has 1 aromatic carbocycles. The molecule has 1 unspecified atom stereocenters. The summed E-state index contributed by atoms with van der Waals surface area (Å²) in [6, 6.07) is 8.45. The Balaban J connectivity index is 1.91. The van der Waals surface area contributed by atoms with E-state index in [-0.39, 0.29) is 0 Å². The molecule has 3 heteroatoms. The summed E-state index contributed by atoms with van der Waals surface area (Å²) in [5.74, 6) is 2.71. The van der Waals surface area contributed by atoms with E-state index < -0.39 is 0 Å². The predicted octanol–water partition coefficient (Wildman–Crippen LogP) is 2.52. The Morgan fingerprint density at radius 1 is 1.47 bits per heavy atom. The summed E-state index contributed by atoms with van der Waals surface area (Å²) in [4.78, 5) is 1.19. The average molecular weight is 223 g/mol. The van der Waals surface area contributed by atoms with Gasteiger partial charge in [0.05, 0.1) is 7.11 Å². The fraction of sp³-hybridized carbons (Fsp3) is 0.500. The third-order valence-electron chi connectivity index (χ3n) is 2.73. The quantitative estimate of drug-likeness (QED) is 0.779. The summed E-state index contributed by atoms with van der Waals surface area (Å²) in [6.07, 6.45) is 2.63. The maximum atomic E-state index is 6.06. The molecule has 1 aromatic rings. The lowest BCUT2D eigenvalue weighted by Gasteiger charge is -2.11. The number of methoxy groups -OCH3 is 1. The van der Waals surface area contributed by atoms with Gasteiger partial charge in [0.1, 0.15) is 5.75 Å². The molecule has 1 aliphatic rings. The molecule has 0 spiro atoms. The van der Waals surface area contributed by atoms with Crippen molar-refractivity contribution in [3.05, 3.63) is 24.3 Å². The maximum Gasteiger partial charge on any atom is 0.132 e. The van der Waals surface area contributed by atoms with Crippen molar-refractivity contribution < 1.29 is 4.74 Å². The first-order valence-corrected chi connectivity index (χ1v) is 6.31. The van der Waals surface area contributed by atoms with Crippen LogP contribution < -0.4 is 10.5 Å². The van der Waals surface area contributed by atoms with Crippen molar-refractivity contribution in [2.75, 3.05) is 12.9 Å². The van der Waals surface area contributed by atoms with Crippen LogP contribution in [0.4, 0.5) is 0 Å². The highest BCUT2D eigenvalue weighted by molar-refractivity contribution is 7.99. The molecular formula is C12H17NOS. The van der Waals surface area contributed by atoms with Crippen LogP contribution in [0.15, 0.2) is 29.2 Å². The fourth-order valence-electron chi connectivity index (χ4n) is 1.58. The molecule has 1 fully saturated rings. The average Bonchev–Trinajstić information content (AvgIpc) is 3.10. The normalized spacial score (nSPS) is 17.5. The van der Waals surface area contributed by atoms with Crippen LogP contribution in [0.25, 0.3) is 0 Å². The van der Waals surface area contributed by atoms with Gasteiger partial charge in [-0.2, -0.15) is 0 Å². The van der Waals surface area contributed by atoms with Crippen LogP contribution in [0.2, 0.25) is 0 Å². The summed E-state index contributed by atoms with van der Waals surface area (Å²) in [7, 11) is 1.71. The SMILES string of the molecule is COc1ccccc1SCC(N)C1CC1. The molecule has 0 saturated heterocycles. The molecule has 0 heterocycles. The minimum absolute atomic E-state index is 0.347. The minimum Gasteiger partial charge on any atom is -0.496 e. The van der Waals surface area contributed by atoms with E-state index in [9.17, 15) is 0 Å². The van der Waals surface area contributed by atoms with Crippen molar-refractivity contribution in [2.24, 2.45) is 11.7 Å². The van der Waals surface area contributed by atoms with Gasteiger partial charge in [-0.25, -0.2) is 0 Å². The molecule has 2 N–H and O–H groups in total. The maximum absolute atomic E-state index is 6.06. The number of benzene rings is 1. The zero-order chi connectivity index (χ0) is 10.7. The zero-order valence-corrected chi connectivity index (χ0v) is 9.80. The Hall–Kier alpha value is -0.670. The van der Waals surface area contributed by atoms with Crippen LogP contribution in [0, 0.1) is 5.92 Å². The molecule has 0 aliphatic heterocycles. The van der Waals surface area contributed by atoms with Crippen LogP contribution >= 0.6 is 11.8 Å². The van der Waals surface area contributed by atoms with E-state index >= 15 is 0 Å². The molecular weight excluding hydrogens is 206 g/mol. The van der Waals surface area contributed by atoms with Gasteiger partial charge in [-0.05, 0) is 30.9 Å². The number of hydrogen-bond donors (Lipinski definition) is 1. The van der Waals surface area contributed by atoms with Crippen molar-refractivity contribution in [1.82, 2.24) is 0 Å². The van der Waals surface area contributed by atoms with Crippen LogP contribution in [0.5, 0.6) is 5.75 Å². The van der Waals surface area contributed by atoms with Crippen molar-refractivity contribution in [1.29, 1.82) is 0 Å². The minimum atomic E-state index is 0.347. The van der Waals surface area contributed by atoms with E-state index in [1.165, 1.54) is 17.7 Å². The lowest BCUT2D eigenvalue weighted by Crippen LogP contribution is -2.24. The third kappa shape index (κ3) is 2.89. The van der Waals surface area contributed by atoms with Crippen molar-refractivity contribution in [3.8, 4) is 5.75 Å². The Morgan fingerprint density at radius 3 is 2.87 bits per heavy atom. The number of nitrogens with two attached hydrogens (primary N) is 1. The largest absolute Gasteiger partial charge is 0.496 e. The highest BCUT2D eigenvalue weighted by Gasteiger charge is 2.28. The highest BCUT2D eigenvalue weighted by Crippen LogP contribution is 2.35. The summed E-state index contributed by atoms with van der Waals surface area (Å²) < 4.78 is 5.29. The van der Waals surface area contributed by atoms with Crippen molar-refractivity contribution in [2.45, 2.75) is 23.8 Å².